The fraction of sp³-hybridized carbons (Fsp3) is 0.450. The van der Waals surface area contributed by atoms with Crippen LogP contribution in [0.15, 0.2) is 34.6 Å². The summed E-state index contributed by atoms with van der Waals surface area (Å²) >= 11 is 1.73. The van der Waals surface area contributed by atoms with Crippen molar-refractivity contribution in [1.82, 2.24) is 20.9 Å². The van der Waals surface area contributed by atoms with Crippen LogP contribution in [0.4, 0.5) is 0 Å². The molecule has 1 heterocycles. The van der Waals surface area contributed by atoms with Crippen molar-refractivity contribution in [3.05, 3.63) is 51.5 Å². The van der Waals surface area contributed by atoms with E-state index in [0.717, 1.165) is 43.1 Å². The number of hydrogen-bond donors (Lipinski definition) is 3. The average molecular weight is 515 g/mol. The number of guanidine groups is 1. The lowest BCUT2D eigenvalue weighted by molar-refractivity contribution is 0.0963. The Hall–Kier alpha value is -1.68. The molecule has 0 unspecified atom stereocenters. The van der Waals surface area contributed by atoms with Crippen LogP contribution in [0.2, 0.25) is 0 Å². The molecule has 1 amide bonds. The lowest BCUT2D eigenvalue weighted by Crippen LogP contribution is -2.39. The van der Waals surface area contributed by atoms with Gasteiger partial charge in [-0.15, -0.1) is 35.3 Å². The van der Waals surface area contributed by atoms with Gasteiger partial charge < -0.3 is 16.0 Å². The first-order valence-electron chi connectivity index (χ1n) is 9.23. The van der Waals surface area contributed by atoms with Gasteiger partial charge in [0.05, 0.1) is 10.7 Å². The van der Waals surface area contributed by atoms with E-state index in [-0.39, 0.29) is 29.9 Å². The number of rotatable bonds is 8. The van der Waals surface area contributed by atoms with E-state index in [1.807, 2.05) is 24.3 Å². The summed E-state index contributed by atoms with van der Waals surface area (Å²) in [7, 11) is 3.41. The molecule has 0 spiro atoms. The van der Waals surface area contributed by atoms with Gasteiger partial charge in [0, 0.05) is 50.5 Å². The maximum Gasteiger partial charge on any atom is 0.251 e. The highest BCUT2D eigenvalue weighted by molar-refractivity contribution is 14.0. The van der Waals surface area contributed by atoms with Crippen molar-refractivity contribution in [3.8, 4) is 0 Å². The largest absolute Gasteiger partial charge is 0.356 e. The topological polar surface area (TPSA) is 78.4 Å². The smallest absolute Gasteiger partial charge is 0.251 e. The molecule has 1 aromatic carbocycles. The molecule has 154 valence electrons. The molecule has 28 heavy (non-hydrogen) atoms. The van der Waals surface area contributed by atoms with Gasteiger partial charge in [-0.1, -0.05) is 26.0 Å². The second-order valence-corrected chi connectivity index (χ2v) is 7.43. The molecule has 0 atom stereocenters. The van der Waals surface area contributed by atoms with Gasteiger partial charge in [-0.05, 0) is 24.1 Å². The van der Waals surface area contributed by atoms with Crippen LogP contribution < -0.4 is 16.0 Å². The first kappa shape index (κ1) is 24.4. The third-order valence-corrected chi connectivity index (χ3v) is 5.28. The van der Waals surface area contributed by atoms with Crippen LogP contribution in [0.3, 0.4) is 0 Å². The van der Waals surface area contributed by atoms with E-state index in [2.05, 4.69) is 45.2 Å². The highest BCUT2D eigenvalue weighted by atomic mass is 127. The average Bonchev–Trinajstić information content (AvgIpc) is 3.15. The first-order valence-corrected chi connectivity index (χ1v) is 10.1. The monoisotopic (exact) mass is 515 g/mol. The number of aliphatic imine (C=N–C) groups is 1. The molecule has 8 heteroatoms. The maximum atomic E-state index is 11.7. The van der Waals surface area contributed by atoms with Crippen molar-refractivity contribution in [2.75, 3.05) is 27.2 Å². The predicted molar refractivity (Wildman–Crippen MR) is 128 cm³/mol. The second-order valence-electron chi connectivity index (χ2n) is 6.54. The Labute approximate surface area is 188 Å². The van der Waals surface area contributed by atoms with E-state index in [1.54, 1.807) is 25.4 Å². The van der Waals surface area contributed by atoms with E-state index < -0.39 is 0 Å². The normalized spacial score (nSPS) is 11.1. The number of thiazole rings is 1. The summed E-state index contributed by atoms with van der Waals surface area (Å²) in [5, 5.41) is 12.6. The summed E-state index contributed by atoms with van der Waals surface area (Å²) in [5.41, 5.74) is 2.92. The zero-order valence-electron chi connectivity index (χ0n) is 16.9. The summed E-state index contributed by atoms with van der Waals surface area (Å²) in [6.45, 7) is 5.85. The molecule has 1 aromatic heterocycles. The Bertz CT molecular complexity index is 775. The van der Waals surface area contributed by atoms with Gasteiger partial charge in [-0.2, -0.15) is 0 Å². The van der Waals surface area contributed by atoms with E-state index in [4.69, 9.17) is 0 Å². The van der Waals surface area contributed by atoms with E-state index >= 15 is 0 Å². The van der Waals surface area contributed by atoms with E-state index in [1.165, 1.54) is 5.01 Å². The van der Waals surface area contributed by atoms with Crippen molar-refractivity contribution in [2.45, 2.75) is 32.6 Å². The Morgan fingerprint density at radius 2 is 1.93 bits per heavy atom. The zero-order chi connectivity index (χ0) is 19.6. The lowest BCUT2D eigenvalue weighted by atomic mass is 10.1. The SMILES string of the molecule is CN=C(NCCc1cccc(C(=O)NC)c1)NCCc1csc(C(C)C)n1.I. The maximum absolute atomic E-state index is 11.7. The Morgan fingerprint density at radius 3 is 2.54 bits per heavy atom. The summed E-state index contributed by atoms with van der Waals surface area (Å²) in [5.74, 6) is 1.19. The van der Waals surface area contributed by atoms with Gasteiger partial charge in [0.15, 0.2) is 5.96 Å². The molecule has 2 aromatic rings. The molecule has 0 saturated carbocycles. The van der Waals surface area contributed by atoms with Gasteiger partial charge >= 0.3 is 0 Å². The first-order chi connectivity index (χ1) is 13.0. The number of halogens is 1. The van der Waals surface area contributed by atoms with Crippen molar-refractivity contribution in [2.24, 2.45) is 4.99 Å². The summed E-state index contributed by atoms with van der Waals surface area (Å²) in [4.78, 5) is 20.6. The lowest BCUT2D eigenvalue weighted by Gasteiger charge is -2.11. The second kappa shape index (κ2) is 12.7. The molecule has 0 radical (unpaired) electrons. The number of nitrogens with zero attached hydrogens (tertiary/aromatic N) is 2. The number of carbonyl (C=O) groups excluding carboxylic acids is 1. The summed E-state index contributed by atoms with van der Waals surface area (Å²) < 4.78 is 0. The highest BCUT2D eigenvalue weighted by Crippen LogP contribution is 2.19. The fourth-order valence-electron chi connectivity index (χ4n) is 2.57. The number of amides is 1. The highest BCUT2D eigenvalue weighted by Gasteiger charge is 2.06. The molecule has 0 aliphatic heterocycles. The van der Waals surface area contributed by atoms with E-state index in [0.29, 0.717) is 11.5 Å². The predicted octanol–water partition coefficient (Wildman–Crippen LogP) is 3.19. The molecular formula is C20H30IN5OS. The van der Waals surface area contributed by atoms with Crippen LogP contribution >= 0.6 is 35.3 Å². The zero-order valence-corrected chi connectivity index (χ0v) is 20.1. The van der Waals surface area contributed by atoms with Crippen LogP contribution in [0.1, 0.15) is 46.4 Å². The number of aromatic nitrogens is 1. The quantitative estimate of drug-likeness (QED) is 0.287. The van der Waals surface area contributed by atoms with E-state index in [9.17, 15) is 4.79 Å². The molecule has 0 fully saturated rings. The third kappa shape index (κ3) is 7.75. The van der Waals surface area contributed by atoms with Crippen LogP contribution in [-0.2, 0) is 12.8 Å². The number of nitrogens with one attached hydrogen (secondary N) is 3. The fourth-order valence-corrected chi connectivity index (χ4v) is 3.44. The Morgan fingerprint density at radius 1 is 1.21 bits per heavy atom. The minimum Gasteiger partial charge on any atom is -0.356 e. The van der Waals surface area contributed by atoms with Crippen LogP contribution in [0, 0.1) is 0 Å². The molecule has 0 aliphatic rings. The van der Waals surface area contributed by atoms with Gasteiger partial charge in [-0.25, -0.2) is 4.98 Å². The number of carbonyl (C=O) groups is 1. The summed E-state index contributed by atoms with van der Waals surface area (Å²) in [6, 6.07) is 7.68. The molecular weight excluding hydrogens is 485 g/mol. The third-order valence-electron chi connectivity index (χ3n) is 4.08. The van der Waals surface area contributed by atoms with Crippen molar-refractivity contribution >= 4 is 47.2 Å². The minimum absolute atomic E-state index is 0. The van der Waals surface area contributed by atoms with Gasteiger partial charge in [0.2, 0.25) is 0 Å². The van der Waals surface area contributed by atoms with Crippen molar-refractivity contribution in [3.63, 3.8) is 0 Å². The number of hydrogen-bond acceptors (Lipinski definition) is 4. The molecule has 0 bridgehead atoms. The van der Waals surface area contributed by atoms with Gasteiger partial charge in [-0.3, -0.25) is 9.79 Å². The van der Waals surface area contributed by atoms with Gasteiger partial charge in [0.1, 0.15) is 0 Å². The molecule has 0 saturated heterocycles. The van der Waals surface area contributed by atoms with Crippen LogP contribution in [-0.4, -0.2) is 44.0 Å². The molecule has 0 aliphatic carbocycles. The Kier molecular flexibility index (Phi) is 11.1. The standard InChI is InChI=1S/C20H29N5OS.HI/c1-14(2)19-25-17(13-27-19)9-11-24-20(22-4)23-10-8-15-6-5-7-16(12-15)18(26)21-3;/h5-7,12-14H,8-11H2,1-4H3,(H,21,26)(H2,22,23,24);1H. The molecule has 3 N–H and O–H groups in total. The molecule has 2 rings (SSSR count). The Balaban J connectivity index is 0.00000392. The molecule has 6 nitrogen and oxygen atoms in total. The minimum atomic E-state index is -0.0649. The van der Waals surface area contributed by atoms with Crippen LogP contribution in [0.5, 0.6) is 0 Å². The van der Waals surface area contributed by atoms with Crippen molar-refractivity contribution in [1.29, 1.82) is 0 Å². The van der Waals surface area contributed by atoms with Gasteiger partial charge in [0.25, 0.3) is 5.91 Å². The summed E-state index contributed by atoms with van der Waals surface area (Å²) in [6.07, 6.45) is 1.69. The van der Waals surface area contributed by atoms with Crippen LogP contribution in [0.25, 0.3) is 0 Å². The van der Waals surface area contributed by atoms with Crippen molar-refractivity contribution < 1.29 is 4.79 Å². The number of benzene rings is 1.